The number of nitrogens with zero attached hydrogens (tertiary/aromatic N) is 16. The molecule has 0 saturated heterocycles. The molecule has 54 heavy (non-hydrogen) atoms. The maximum atomic E-state index is 6.30. The third-order valence-electron chi connectivity index (χ3n) is 9.33. The molecule has 0 aliphatic carbocycles. The molecule has 0 aliphatic heterocycles. The number of hydrogen-bond acceptors (Lipinski definition) is 7. The van der Waals surface area contributed by atoms with Crippen LogP contribution in [0.25, 0.3) is 0 Å². The van der Waals surface area contributed by atoms with Crippen molar-refractivity contribution in [3.8, 4) is 0 Å². The summed E-state index contributed by atoms with van der Waals surface area (Å²) in [5, 5.41) is 0. The molecule has 0 aromatic heterocycles. The predicted octanol–water partition coefficient (Wildman–Crippen LogP) is 5.56. The van der Waals surface area contributed by atoms with Crippen LogP contribution in [-0.2, 0) is 13.3 Å². The van der Waals surface area contributed by atoms with Crippen LogP contribution in [0.4, 0.5) is 0 Å². The molecule has 0 amide bonds. The molecule has 0 atom stereocenters. The first-order valence-corrected chi connectivity index (χ1v) is 28.0. The molecular formula is C29H85N16O3P5Si. The van der Waals surface area contributed by atoms with Crippen molar-refractivity contribution in [1.29, 1.82) is 0 Å². The molecule has 0 saturated carbocycles. The van der Waals surface area contributed by atoms with Crippen molar-refractivity contribution >= 4 is 46.7 Å². The minimum absolute atomic E-state index is 0.660. The van der Waals surface area contributed by atoms with Gasteiger partial charge in [-0.2, -0.15) is 0 Å². The van der Waals surface area contributed by atoms with Crippen LogP contribution in [0.2, 0.25) is 6.04 Å². The minimum atomic E-state index is -4.05. The Morgan fingerprint density at radius 2 is 0.574 bits per heavy atom. The molecule has 0 aliphatic rings. The summed E-state index contributed by atoms with van der Waals surface area (Å²) < 4.78 is 69.5. The Bertz CT molecular complexity index is 1180. The van der Waals surface area contributed by atoms with Gasteiger partial charge < -0.3 is 0 Å². The molecule has 0 N–H and O–H groups in total. The van der Waals surface area contributed by atoms with Crippen LogP contribution in [0, 0.1) is 0 Å². The summed E-state index contributed by atoms with van der Waals surface area (Å²) >= 11 is 0. The second-order valence-corrected chi connectivity index (χ2v) is 36.5. The van der Waals surface area contributed by atoms with Crippen LogP contribution in [0.1, 0.15) is 6.42 Å². The molecule has 0 bridgehead atoms. The van der Waals surface area contributed by atoms with Crippen LogP contribution in [0.3, 0.4) is 0 Å². The first-order valence-electron chi connectivity index (χ1n) is 17.9. The van der Waals surface area contributed by atoms with Crippen molar-refractivity contribution in [3.05, 3.63) is 0 Å². The van der Waals surface area contributed by atoms with E-state index >= 15 is 0 Å². The van der Waals surface area contributed by atoms with Gasteiger partial charge in [0.1, 0.15) is 0 Å². The first kappa shape index (κ1) is 55.0. The van der Waals surface area contributed by atoms with Crippen LogP contribution < -0.4 is 0 Å². The van der Waals surface area contributed by atoms with E-state index < -0.39 is 46.7 Å². The summed E-state index contributed by atoms with van der Waals surface area (Å²) in [6.07, 6.45) is 0.773. The number of rotatable bonds is 23. The first-order chi connectivity index (χ1) is 24.5. The summed E-state index contributed by atoms with van der Waals surface area (Å²) in [5.41, 5.74) is 0. The Morgan fingerprint density at radius 3 is 0.759 bits per heavy atom. The molecule has 0 spiro atoms. The van der Waals surface area contributed by atoms with Crippen LogP contribution >= 0.6 is 37.9 Å². The summed E-state index contributed by atoms with van der Waals surface area (Å²) in [6, 6.07) is 0.660. The Morgan fingerprint density at radius 1 is 0.370 bits per heavy atom. The van der Waals surface area contributed by atoms with E-state index in [0.29, 0.717) is 12.6 Å². The zero-order valence-corrected chi connectivity index (χ0v) is 44.9. The van der Waals surface area contributed by atoms with Crippen molar-refractivity contribution in [2.45, 2.75) is 12.5 Å². The Kier molecular flexibility index (Phi) is 22.4. The standard InChI is InChI=1S/C29H85N16O3P5Si/c1-34(2)50(35(3)4,36(5)6)30-49(31-51(37(7)8,38(9)10)39(11)12,32-52(40(13)14,41(15)16)42(17)18)33-53(43(19)20,44(21)22)45(23)28-27-29-54(46-24,47-25)48-26/h49H,27-29H2,1-26H3. The maximum absolute atomic E-state index is 6.30. The van der Waals surface area contributed by atoms with Gasteiger partial charge >= 0.3 is 337 Å². The molecule has 0 heterocycles. The van der Waals surface area contributed by atoms with E-state index in [1.807, 2.05) is 0 Å². The van der Waals surface area contributed by atoms with E-state index in [0.717, 1.165) is 6.42 Å². The fourth-order valence-corrected chi connectivity index (χ4v) is 35.2. The zero-order chi connectivity index (χ0) is 43.0. The second-order valence-electron chi connectivity index (χ2n) is 15.2. The van der Waals surface area contributed by atoms with Crippen LogP contribution in [0.5, 0.6) is 0 Å². The van der Waals surface area contributed by atoms with Gasteiger partial charge in [-0.05, 0) is 0 Å². The van der Waals surface area contributed by atoms with Gasteiger partial charge in [0, 0.05) is 0 Å². The topological polar surface area (TPSA) is 116 Å². The van der Waals surface area contributed by atoms with Gasteiger partial charge in [0.25, 0.3) is 0 Å². The van der Waals surface area contributed by atoms with Gasteiger partial charge in [-0.25, -0.2) is 0 Å². The van der Waals surface area contributed by atoms with Crippen LogP contribution in [-0.4, -0.2) is 255 Å². The average Bonchev–Trinajstić information content (AvgIpc) is 3.04. The Balaban J connectivity index is 9.97. The Labute approximate surface area is 335 Å². The Hall–Kier alpha value is 0.967. The average molecular weight is 889 g/mol. The molecule has 0 radical (unpaired) electrons. The van der Waals surface area contributed by atoms with Gasteiger partial charge in [0.2, 0.25) is 0 Å². The molecule has 0 fully saturated rings. The van der Waals surface area contributed by atoms with Crippen molar-refractivity contribution in [2.75, 3.05) is 190 Å². The SMILES string of the molecule is CO[Si](CCCN(C)P(=N[PH](N=P(N(C)C)(N(C)C)N(C)C)(N=P(N(C)C)(N(C)C)N(C)C)N=P(N(C)C)(N(C)C)N(C)C)(N(C)C)N(C)C)(OC)OC. The van der Waals surface area contributed by atoms with Gasteiger partial charge in [-0.15, -0.1) is 0 Å². The van der Waals surface area contributed by atoms with Crippen LogP contribution in [0.15, 0.2) is 18.1 Å². The quantitative estimate of drug-likeness (QED) is 0.0942. The predicted molar refractivity (Wildman–Crippen MR) is 245 cm³/mol. The third-order valence-corrected chi connectivity index (χ3v) is 33.7. The van der Waals surface area contributed by atoms with Crippen molar-refractivity contribution in [3.63, 3.8) is 0 Å². The summed E-state index contributed by atoms with van der Waals surface area (Å²) in [5.74, 6) is 0. The van der Waals surface area contributed by atoms with E-state index in [9.17, 15) is 0 Å². The van der Waals surface area contributed by atoms with Gasteiger partial charge in [-0.1, -0.05) is 0 Å². The van der Waals surface area contributed by atoms with Gasteiger partial charge in [-0.3, -0.25) is 0 Å². The number of hydrogen-bond donors (Lipinski definition) is 0. The molecule has 25 heteroatoms. The van der Waals surface area contributed by atoms with E-state index in [2.05, 4.69) is 218 Å². The fraction of sp³-hybridized carbons (Fsp3) is 1.00. The van der Waals surface area contributed by atoms with Crippen molar-refractivity contribution in [1.82, 2.24) is 56.0 Å². The normalized spacial score (nSPS) is 15.0. The molecule has 0 aromatic carbocycles. The van der Waals surface area contributed by atoms with Crippen molar-refractivity contribution < 1.29 is 13.3 Å². The summed E-state index contributed by atoms with van der Waals surface area (Å²) in [7, 11) is 35.9. The van der Waals surface area contributed by atoms with Gasteiger partial charge in [0.15, 0.2) is 0 Å². The summed E-state index contributed by atoms with van der Waals surface area (Å²) in [4.78, 5) is 0. The fourth-order valence-electron chi connectivity index (χ4n) is 7.30. The molecule has 0 aromatic rings. The molecule has 0 unspecified atom stereocenters. The third kappa shape index (κ3) is 11.2. The van der Waals surface area contributed by atoms with Gasteiger partial charge in [0.05, 0.1) is 0 Å². The van der Waals surface area contributed by atoms with E-state index in [1.165, 1.54) is 0 Å². The molecule has 0 rings (SSSR count). The molecule has 328 valence electrons. The molecular weight excluding hydrogens is 803 g/mol. The monoisotopic (exact) mass is 889 g/mol. The van der Waals surface area contributed by atoms with E-state index in [-0.39, 0.29) is 0 Å². The zero-order valence-electron chi connectivity index (χ0n) is 39.3. The second kappa shape index (κ2) is 22.0. The summed E-state index contributed by atoms with van der Waals surface area (Å²) in [6.45, 7) is 0.697. The van der Waals surface area contributed by atoms with E-state index in [4.69, 9.17) is 31.3 Å². The van der Waals surface area contributed by atoms with E-state index in [1.54, 1.807) is 21.3 Å². The molecule has 19 nitrogen and oxygen atoms in total. The van der Waals surface area contributed by atoms with Crippen molar-refractivity contribution in [2.24, 2.45) is 18.1 Å².